The standard InChI is InChI=1S/C3H9NO2S.C3H9N/c1-4(2)7(3,5)6;1-4(2)3/h1-3H3;1-3H3. The van der Waals surface area contributed by atoms with E-state index in [0.29, 0.717) is 0 Å². The number of rotatable bonds is 1. The molecule has 0 saturated carbocycles. The Morgan fingerprint density at radius 3 is 1.00 bits per heavy atom. The zero-order chi connectivity index (χ0) is 9.65. The second kappa shape index (κ2) is 5.51. The summed E-state index contributed by atoms with van der Waals surface area (Å²) in [4.78, 5) is 2.00. The summed E-state index contributed by atoms with van der Waals surface area (Å²) in [6.07, 6.45) is 1.16. The van der Waals surface area contributed by atoms with Crippen LogP contribution in [0, 0.1) is 0 Å². The zero-order valence-corrected chi connectivity index (χ0v) is 8.94. The molecule has 0 unspecified atom stereocenters. The van der Waals surface area contributed by atoms with Crippen LogP contribution in [0.5, 0.6) is 0 Å². The molecule has 0 aliphatic rings. The van der Waals surface area contributed by atoms with E-state index in [-0.39, 0.29) is 0 Å². The van der Waals surface area contributed by atoms with Gasteiger partial charge in [0.1, 0.15) is 0 Å². The van der Waals surface area contributed by atoms with Gasteiger partial charge in [0.25, 0.3) is 0 Å². The summed E-state index contributed by atoms with van der Waals surface area (Å²) in [6.45, 7) is 0. The molecule has 0 aromatic heterocycles. The minimum absolute atomic E-state index is 1.16. The summed E-state index contributed by atoms with van der Waals surface area (Å²) >= 11 is 0. The lowest BCUT2D eigenvalue weighted by atomic mass is 11.0. The van der Waals surface area contributed by atoms with Gasteiger partial charge in [0.15, 0.2) is 0 Å². The molecule has 0 rings (SSSR count). The molecule has 0 aromatic rings. The second-order valence-electron chi connectivity index (χ2n) is 2.89. The van der Waals surface area contributed by atoms with E-state index >= 15 is 0 Å². The minimum atomic E-state index is -2.91. The van der Waals surface area contributed by atoms with E-state index in [1.165, 1.54) is 14.1 Å². The Hall–Kier alpha value is -0.130. The summed E-state index contributed by atoms with van der Waals surface area (Å²) < 4.78 is 21.7. The van der Waals surface area contributed by atoms with E-state index in [0.717, 1.165) is 10.6 Å². The van der Waals surface area contributed by atoms with E-state index in [1.54, 1.807) is 0 Å². The number of hydrogen-bond acceptors (Lipinski definition) is 3. The molecule has 0 aromatic carbocycles. The Kier molecular flexibility index (Phi) is 6.74. The third-order valence-electron chi connectivity index (χ3n) is 0.663. The topological polar surface area (TPSA) is 40.6 Å². The molecule has 0 aliphatic carbocycles. The van der Waals surface area contributed by atoms with Crippen molar-refractivity contribution in [1.82, 2.24) is 9.21 Å². The van der Waals surface area contributed by atoms with Gasteiger partial charge in [-0.15, -0.1) is 0 Å². The molecule has 4 nitrogen and oxygen atoms in total. The van der Waals surface area contributed by atoms with Gasteiger partial charge in [-0.05, 0) is 21.1 Å². The van der Waals surface area contributed by atoms with Crippen LogP contribution in [0.1, 0.15) is 0 Å². The van der Waals surface area contributed by atoms with Gasteiger partial charge >= 0.3 is 0 Å². The first-order valence-electron chi connectivity index (χ1n) is 3.16. The first kappa shape index (κ1) is 13.5. The number of nitrogens with zero attached hydrogens (tertiary/aromatic N) is 2. The average Bonchev–Trinajstić information content (AvgIpc) is 1.59. The van der Waals surface area contributed by atoms with Gasteiger partial charge in [-0.1, -0.05) is 0 Å². The van der Waals surface area contributed by atoms with Crippen molar-refractivity contribution in [2.75, 3.05) is 41.5 Å². The Balaban J connectivity index is 0. The molecule has 0 heterocycles. The molecular weight excluding hydrogens is 164 g/mol. The molecular formula is C6H18N2O2S. The van der Waals surface area contributed by atoms with Crippen molar-refractivity contribution in [3.05, 3.63) is 0 Å². The van der Waals surface area contributed by atoms with Crippen LogP contribution in [-0.2, 0) is 10.0 Å². The smallest absolute Gasteiger partial charge is 0.210 e. The normalized spacial score (nSPS) is 11.3. The van der Waals surface area contributed by atoms with Crippen LogP contribution in [0.25, 0.3) is 0 Å². The molecule has 5 heteroatoms. The van der Waals surface area contributed by atoms with Crippen LogP contribution < -0.4 is 0 Å². The van der Waals surface area contributed by atoms with Crippen LogP contribution in [0.4, 0.5) is 0 Å². The third-order valence-corrected chi connectivity index (χ3v) is 1.99. The Labute approximate surface area is 69.9 Å². The fourth-order valence-electron chi connectivity index (χ4n) is 0. The maximum Gasteiger partial charge on any atom is 0.210 e. The average molecular weight is 182 g/mol. The summed E-state index contributed by atoms with van der Waals surface area (Å²) in [5.41, 5.74) is 0. The van der Waals surface area contributed by atoms with E-state index in [1.807, 2.05) is 26.0 Å². The molecule has 0 aliphatic heterocycles. The van der Waals surface area contributed by atoms with Gasteiger partial charge in [-0.3, -0.25) is 0 Å². The Morgan fingerprint density at radius 1 is 0.909 bits per heavy atom. The monoisotopic (exact) mass is 182 g/mol. The molecule has 0 atom stereocenters. The SMILES string of the molecule is CN(C)C.CN(C)S(C)(=O)=O. The maximum atomic E-state index is 10.3. The maximum absolute atomic E-state index is 10.3. The lowest BCUT2D eigenvalue weighted by molar-refractivity contribution is 0.505. The highest BCUT2D eigenvalue weighted by atomic mass is 32.2. The Morgan fingerprint density at radius 2 is 1.00 bits per heavy atom. The van der Waals surface area contributed by atoms with Crippen molar-refractivity contribution < 1.29 is 8.42 Å². The molecule has 0 saturated heterocycles. The number of sulfonamides is 1. The lowest BCUT2D eigenvalue weighted by Gasteiger charge is -2.02. The van der Waals surface area contributed by atoms with Gasteiger partial charge in [-0.25, -0.2) is 12.7 Å². The van der Waals surface area contributed by atoms with Crippen LogP contribution in [0.15, 0.2) is 0 Å². The largest absolute Gasteiger partial charge is 0.312 e. The minimum Gasteiger partial charge on any atom is -0.312 e. The third kappa shape index (κ3) is 17.7. The molecule has 0 radical (unpaired) electrons. The molecule has 0 amide bonds. The quantitative estimate of drug-likeness (QED) is 0.558. The van der Waals surface area contributed by atoms with Gasteiger partial charge in [0.2, 0.25) is 10.0 Å². The van der Waals surface area contributed by atoms with Gasteiger partial charge in [0.05, 0.1) is 6.26 Å². The second-order valence-corrected chi connectivity index (χ2v) is 5.08. The van der Waals surface area contributed by atoms with Crippen molar-refractivity contribution >= 4 is 10.0 Å². The fraction of sp³-hybridized carbons (Fsp3) is 1.00. The highest BCUT2D eigenvalue weighted by Gasteiger charge is 2.00. The molecule has 0 fully saturated rings. The van der Waals surface area contributed by atoms with E-state index in [4.69, 9.17) is 0 Å². The molecule has 70 valence electrons. The molecule has 0 bridgehead atoms. The van der Waals surface area contributed by atoms with Gasteiger partial charge in [0, 0.05) is 14.1 Å². The first-order valence-corrected chi connectivity index (χ1v) is 5.01. The summed E-state index contributed by atoms with van der Waals surface area (Å²) in [6, 6.07) is 0. The van der Waals surface area contributed by atoms with Crippen molar-refractivity contribution in [2.24, 2.45) is 0 Å². The van der Waals surface area contributed by atoms with Crippen LogP contribution >= 0.6 is 0 Å². The summed E-state index contributed by atoms with van der Waals surface area (Å²) in [7, 11) is 6.08. The highest BCUT2D eigenvalue weighted by molar-refractivity contribution is 7.88. The van der Waals surface area contributed by atoms with Crippen LogP contribution in [0.2, 0.25) is 0 Å². The van der Waals surface area contributed by atoms with Crippen molar-refractivity contribution in [3.63, 3.8) is 0 Å². The van der Waals surface area contributed by atoms with Gasteiger partial charge < -0.3 is 4.90 Å². The van der Waals surface area contributed by atoms with Crippen molar-refractivity contribution in [3.8, 4) is 0 Å². The molecule has 0 spiro atoms. The predicted molar refractivity (Wildman–Crippen MR) is 48.1 cm³/mol. The number of hydrogen-bond donors (Lipinski definition) is 0. The van der Waals surface area contributed by atoms with Crippen LogP contribution in [-0.4, -0.2) is 59.1 Å². The lowest BCUT2D eigenvalue weighted by Crippen LogP contribution is -2.19. The van der Waals surface area contributed by atoms with Gasteiger partial charge in [-0.2, -0.15) is 0 Å². The predicted octanol–water partition coefficient (Wildman–Crippen LogP) is -0.315. The first-order chi connectivity index (χ1) is 4.68. The van der Waals surface area contributed by atoms with Crippen LogP contribution in [0.3, 0.4) is 0 Å². The van der Waals surface area contributed by atoms with E-state index in [2.05, 4.69) is 0 Å². The van der Waals surface area contributed by atoms with Crippen molar-refractivity contribution in [1.29, 1.82) is 0 Å². The Bertz CT molecular complexity index is 170. The van der Waals surface area contributed by atoms with E-state index in [9.17, 15) is 8.42 Å². The zero-order valence-electron chi connectivity index (χ0n) is 8.12. The highest BCUT2D eigenvalue weighted by Crippen LogP contribution is 1.82. The van der Waals surface area contributed by atoms with E-state index < -0.39 is 10.0 Å². The summed E-state index contributed by atoms with van der Waals surface area (Å²) in [5, 5.41) is 0. The summed E-state index contributed by atoms with van der Waals surface area (Å²) in [5.74, 6) is 0. The fourth-order valence-corrected chi connectivity index (χ4v) is 0. The molecule has 11 heavy (non-hydrogen) atoms. The molecule has 0 N–H and O–H groups in total. The van der Waals surface area contributed by atoms with Crippen molar-refractivity contribution in [2.45, 2.75) is 0 Å².